The van der Waals surface area contributed by atoms with Gasteiger partial charge in [-0.25, -0.2) is 0 Å². The molecule has 15 heavy (non-hydrogen) atoms. The Kier molecular flexibility index (Phi) is 3.29. The molecule has 0 spiro atoms. The Hall–Kier alpha value is -0.570. The van der Waals surface area contributed by atoms with Gasteiger partial charge in [-0.1, -0.05) is 6.92 Å². The normalized spacial score (nSPS) is 28.9. The van der Waals surface area contributed by atoms with Crippen molar-refractivity contribution >= 4 is 5.91 Å². The van der Waals surface area contributed by atoms with Crippen molar-refractivity contribution in [2.24, 2.45) is 5.92 Å². The van der Waals surface area contributed by atoms with Gasteiger partial charge in [0.25, 0.3) is 0 Å². The molecule has 0 aromatic carbocycles. The first-order valence-corrected chi connectivity index (χ1v) is 6.21. The highest BCUT2D eigenvalue weighted by molar-refractivity contribution is 5.81. The highest BCUT2D eigenvalue weighted by atomic mass is 16.2. The molecule has 86 valence electrons. The number of rotatable bonds is 2. The van der Waals surface area contributed by atoms with Crippen LogP contribution in [0.25, 0.3) is 0 Å². The highest BCUT2D eigenvalue weighted by Gasteiger charge is 2.36. The van der Waals surface area contributed by atoms with Crippen LogP contribution in [-0.4, -0.2) is 48.4 Å². The Labute approximate surface area is 92.4 Å². The van der Waals surface area contributed by atoms with E-state index in [4.69, 9.17) is 0 Å². The van der Waals surface area contributed by atoms with Gasteiger partial charge in [-0.15, -0.1) is 0 Å². The molecule has 2 rings (SSSR count). The second-order valence-corrected chi connectivity index (χ2v) is 4.98. The summed E-state index contributed by atoms with van der Waals surface area (Å²) in [5.41, 5.74) is 0. The summed E-state index contributed by atoms with van der Waals surface area (Å²) >= 11 is 0. The lowest BCUT2D eigenvalue weighted by Crippen LogP contribution is -2.44. The van der Waals surface area contributed by atoms with Gasteiger partial charge in [-0.2, -0.15) is 0 Å². The Morgan fingerprint density at radius 1 is 1.33 bits per heavy atom. The van der Waals surface area contributed by atoms with E-state index in [0.29, 0.717) is 17.9 Å². The van der Waals surface area contributed by atoms with Crippen LogP contribution in [0.4, 0.5) is 0 Å². The second-order valence-electron chi connectivity index (χ2n) is 4.98. The van der Waals surface area contributed by atoms with Crippen LogP contribution in [0, 0.1) is 5.92 Å². The number of carbonyl (C=O) groups excluding carboxylic acids is 1. The fourth-order valence-corrected chi connectivity index (χ4v) is 2.45. The van der Waals surface area contributed by atoms with Gasteiger partial charge < -0.3 is 9.80 Å². The van der Waals surface area contributed by atoms with E-state index in [1.54, 1.807) is 0 Å². The number of nitrogens with zero attached hydrogens (tertiary/aromatic N) is 2. The minimum atomic E-state index is 0.377. The van der Waals surface area contributed by atoms with Gasteiger partial charge in [0.2, 0.25) is 5.91 Å². The van der Waals surface area contributed by atoms with Gasteiger partial charge in [-0.05, 0) is 39.3 Å². The van der Waals surface area contributed by atoms with Crippen LogP contribution in [0.1, 0.15) is 32.6 Å². The average Bonchev–Trinajstić information content (AvgIpc) is 3.02. The largest absolute Gasteiger partial charge is 0.338 e. The summed E-state index contributed by atoms with van der Waals surface area (Å²) in [6.07, 6.45) is 4.47. The number of amides is 1. The van der Waals surface area contributed by atoms with Crippen molar-refractivity contribution in [3.05, 3.63) is 0 Å². The quantitative estimate of drug-likeness (QED) is 0.686. The molecule has 1 unspecified atom stereocenters. The van der Waals surface area contributed by atoms with Crippen molar-refractivity contribution < 1.29 is 4.79 Å². The van der Waals surface area contributed by atoms with E-state index in [0.717, 1.165) is 45.3 Å². The molecule has 2 fully saturated rings. The monoisotopic (exact) mass is 210 g/mol. The Bertz CT molecular complexity index is 238. The van der Waals surface area contributed by atoms with E-state index in [2.05, 4.69) is 23.8 Å². The Morgan fingerprint density at radius 2 is 2.07 bits per heavy atom. The lowest BCUT2D eigenvalue weighted by Gasteiger charge is -2.30. The van der Waals surface area contributed by atoms with E-state index in [-0.39, 0.29) is 0 Å². The van der Waals surface area contributed by atoms with Crippen LogP contribution in [0.5, 0.6) is 0 Å². The molecule has 1 aliphatic heterocycles. The molecule has 1 saturated heterocycles. The number of hydrogen-bond acceptors (Lipinski definition) is 2. The van der Waals surface area contributed by atoms with E-state index >= 15 is 0 Å². The third kappa shape index (κ3) is 2.51. The van der Waals surface area contributed by atoms with Crippen LogP contribution in [0.15, 0.2) is 0 Å². The third-order valence-electron chi connectivity index (χ3n) is 3.58. The van der Waals surface area contributed by atoms with E-state index < -0.39 is 0 Å². The van der Waals surface area contributed by atoms with Crippen molar-refractivity contribution in [3.63, 3.8) is 0 Å². The maximum Gasteiger partial charge on any atom is 0.225 e. The lowest BCUT2D eigenvalue weighted by molar-refractivity contribution is -0.134. The molecular weight excluding hydrogens is 188 g/mol. The first kappa shape index (κ1) is 10.9. The van der Waals surface area contributed by atoms with E-state index in [9.17, 15) is 4.79 Å². The minimum Gasteiger partial charge on any atom is -0.338 e. The SMILES string of the molecule is CCC1CN(C)CCCN1C(=O)C1CC1. The predicted molar refractivity (Wildman–Crippen MR) is 60.6 cm³/mol. The van der Waals surface area contributed by atoms with Crippen LogP contribution in [0.2, 0.25) is 0 Å². The fraction of sp³-hybridized carbons (Fsp3) is 0.917. The minimum absolute atomic E-state index is 0.377. The molecule has 0 bridgehead atoms. The summed E-state index contributed by atoms with van der Waals surface area (Å²) in [6.45, 7) is 5.34. The summed E-state index contributed by atoms with van der Waals surface area (Å²) in [6, 6.07) is 0.450. The number of carbonyl (C=O) groups is 1. The molecule has 0 radical (unpaired) electrons. The first-order chi connectivity index (χ1) is 7.22. The topological polar surface area (TPSA) is 23.6 Å². The molecule has 1 saturated carbocycles. The molecule has 0 aromatic rings. The summed E-state index contributed by atoms with van der Waals surface area (Å²) in [7, 11) is 2.16. The van der Waals surface area contributed by atoms with Crippen molar-refractivity contribution in [1.29, 1.82) is 0 Å². The van der Waals surface area contributed by atoms with Gasteiger partial charge in [-0.3, -0.25) is 4.79 Å². The summed E-state index contributed by atoms with van der Waals surface area (Å²) < 4.78 is 0. The zero-order valence-electron chi connectivity index (χ0n) is 9.91. The smallest absolute Gasteiger partial charge is 0.225 e. The van der Waals surface area contributed by atoms with E-state index in [1.807, 2.05) is 0 Å². The standard InChI is InChI=1S/C12H22N2O/c1-3-11-9-13(2)7-4-8-14(11)12(15)10-5-6-10/h10-11H,3-9H2,1-2H3. The summed E-state index contributed by atoms with van der Waals surface area (Å²) in [5, 5.41) is 0. The maximum atomic E-state index is 12.1. The number of hydrogen-bond donors (Lipinski definition) is 0. The van der Waals surface area contributed by atoms with Gasteiger partial charge in [0.1, 0.15) is 0 Å². The van der Waals surface area contributed by atoms with Gasteiger partial charge in [0.15, 0.2) is 0 Å². The van der Waals surface area contributed by atoms with Crippen LogP contribution in [0.3, 0.4) is 0 Å². The van der Waals surface area contributed by atoms with Crippen molar-refractivity contribution in [1.82, 2.24) is 9.80 Å². The summed E-state index contributed by atoms with van der Waals surface area (Å²) in [5.74, 6) is 0.805. The molecule has 3 heteroatoms. The van der Waals surface area contributed by atoms with Crippen LogP contribution < -0.4 is 0 Å². The Morgan fingerprint density at radius 3 is 2.67 bits per heavy atom. The second kappa shape index (κ2) is 4.52. The number of likely N-dealkylation sites (N-methyl/N-ethyl adjacent to an activating group) is 1. The molecule has 1 atom stereocenters. The third-order valence-corrected chi connectivity index (χ3v) is 3.58. The fourth-order valence-electron chi connectivity index (χ4n) is 2.45. The van der Waals surface area contributed by atoms with Crippen molar-refractivity contribution in [2.45, 2.75) is 38.6 Å². The van der Waals surface area contributed by atoms with Gasteiger partial charge in [0, 0.05) is 25.0 Å². The molecule has 1 amide bonds. The van der Waals surface area contributed by atoms with E-state index in [1.165, 1.54) is 0 Å². The maximum absolute atomic E-state index is 12.1. The molecule has 0 aromatic heterocycles. The molecule has 2 aliphatic rings. The molecule has 0 N–H and O–H groups in total. The zero-order chi connectivity index (χ0) is 10.8. The first-order valence-electron chi connectivity index (χ1n) is 6.21. The predicted octanol–water partition coefficient (Wildman–Crippen LogP) is 1.34. The molecule has 3 nitrogen and oxygen atoms in total. The van der Waals surface area contributed by atoms with Crippen molar-refractivity contribution in [3.8, 4) is 0 Å². The van der Waals surface area contributed by atoms with Gasteiger partial charge in [0.05, 0.1) is 0 Å². The van der Waals surface area contributed by atoms with Gasteiger partial charge >= 0.3 is 0 Å². The summed E-state index contributed by atoms with van der Waals surface area (Å²) in [4.78, 5) is 16.6. The Balaban J connectivity index is 2.02. The molecule has 1 aliphatic carbocycles. The van der Waals surface area contributed by atoms with Crippen LogP contribution in [-0.2, 0) is 4.79 Å². The highest BCUT2D eigenvalue weighted by Crippen LogP contribution is 2.32. The van der Waals surface area contributed by atoms with Crippen molar-refractivity contribution in [2.75, 3.05) is 26.7 Å². The molecule has 1 heterocycles. The molecular formula is C12H22N2O. The lowest BCUT2D eigenvalue weighted by atomic mass is 10.1. The average molecular weight is 210 g/mol. The van der Waals surface area contributed by atoms with Crippen LogP contribution >= 0.6 is 0 Å². The zero-order valence-corrected chi connectivity index (χ0v) is 9.91.